The van der Waals surface area contributed by atoms with Gasteiger partial charge in [-0.15, -0.1) is 0 Å². The normalized spacial score (nSPS) is 34.5. The summed E-state index contributed by atoms with van der Waals surface area (Å²) in [7, 11) is 0. The van der Waals surface area contributed by atoms with Gasteiger partial charge < -0.3 is 10.2 Å². The lowest BCUT2D eigenvalue weighted by atomic mass is 9.89. The summed E-state index contributed by atoms with van der Waals surface area (Å²) in [5.74, 6) is 0.355. The van der Waals surface area contributed by atoms with Crippen LogP contribution in [0.3, 0.4) is 0 Å². The molecular formula is C10H18N2O. The molecule has 1 amide bonds. The molecule has 2 fully saturated rings. The maximum absolute atomic E-state index is 11.4. The Hall–Kier alpha value is -0.570. The third-order valence-electron chi connectivity index (χ3n) is 3.20. The number of rotatable bonds is 2. The Morgan fingerprint density at radius 3 is 3.00 bits per heavy atom. The molecule has 3 heteroatoms. The van der Waals surface area contributed by atoms with Crippen LogP contribution in [0.1, 0.15) is 26.2 Å². The molecular weight excluding hydrogens is 164 g/mol. The van der Waals surface area contributed by atoms with Gasteiger partial charge >= 0.3 is 0 Å². The molecule has 2 saturated heterocycles. The Morgan fingerprint density at radius 2 is 2.46 bits per heavy atom. The molecule has 1 atom stereocenters. The van der Waals surface area contributed by atoms with Gasteiger partial charge in [-0.25, -0.2) is 0 Å². The number of hydrogen-bond acceptors (Lipinski definition) is 2. The second-order valence-corrected chi connectivity index (χ2v) is 4.66. The quantitative estimate of drug-likeness (QED) is 0.678. The van der Waals surface area contributed by atoms with Crippen LogP contribution >= 0.6 is 0 Å². The summed E-state index contributed by atoms with van der Waals surface area (Å²) < 4.78 is 0. The van der Waals surface area contributed by atoms with Crippen molar-refractivity contribution in [1.29, 1.82) is 0 Å². The van der Waals surface area contributed by atoms with Gasteiger partial charge in [0.25, 0.3) is 0 Å². The number of amides is 1. The molecule has 2 rings (SSSR count). The summed E-state index contributed by atoms with van der Waals surface area (Å²) in [4.78, 5) is 13.4. The van der Waals surface area contributed by atoms with Crippen LogP contribution in [0, 0.1) is 5.41 Å². The van der Waals surface area contributed by atoms with Crippen LogP contribution in [0.25, 0.3) is 0 Å². The Kier molecular flexibility index (Phi) is 2.28. The fourth-order valence-corrected chi connectivity index (χ4v) is 2.34. The molecule has 0 aromatic carbocycles. The molecule has 2 aliphatic rings. The Balaban J connectivity index is 1.92. The van der Waals surface area contributed by atoms with E-state index in [9.17, 15) is 4.79 Å². The summed E-state index contributed by atoms with van der Waals surface area (Å²) >= 11 is 0. The molecule has 13 heavy (non-hydrogen) atoms. The smallest absolute Gasteiger partial charge is 0.222 e. The standard InChI is InChI=1S/C10H18N2O/c1-10(4-5-11-7-10)8-12-6-2-3-9(12)13/h11H,2-8H2,1H3. The maximum Gasteiger partial charge on any atom is 0.222 e. The van der Waals surface area contributed by atoms with Crippen molar-refractivity contribution in [3.8, 4) is 0 Å². The van der Waals surface area contributed by atoms with E-state index in [0.29, 0.717) is 11.3 Å². The highest BCUT2D eigenvalue weighted by Crippen LogP contribution is 2.27. The predicted octanol–water partition coefficient (Wildman–Crippen LogP) is 0.608. The lowest BCUT2D eigenvalue weighted by Gasteiger charge is -2.28. The van der Waals surface area contributed by atoms with Gasteiger partial charge in [-0.05, 0) is 24.8 Å². The van der Waals surface area contributed by atoms with Crippen LogP contribution in [0.4, 0.5) is 0 Å². The van der Waals surface area contributed by atoms with Crippen LogP contribution in [0.5, 0.6) is 0 Å². The summed E-state index contributed by atoms with van der Waals surface area (Å²) in [5, 5.41) is 3.36. The molecule has 0 radical (unpaired) electrons. The molecule has 0 aromatic heterocycles. The van der Waals surface area contributed by atoms with Crippen molar-refractivity contribution < 1.29 is 4.79 Å². The van der Waals surface area contributed by atoms with Crippen molar-refractivity contribution in [1.82, 2.24) is 10.2 Å². The van der Waals surface area contributed by atoms with Gasteiger partial charge in [0.05, 0.1) is 0 Å². The Bertz CT molecular complexity index is 209. The van der Waals surface area contributed by atoms with Crippen LogP contribution < -0.4 is 5.32 Å². The molecule has 0 aliphatic carbocycles. The minimum Gasteiger partial charge on any atom is -0.342 e. The second kappa shape index (κ2) is 3.29. The average Bonchev–Trinajstić information content (AvgIpc) is 2.64. The fourth-order valence-electron chi connectivity index (χ4n) is 2.34. The van der Waals surface area contributed by atoms with Crippen molar-refractivity contribution in [3.05, 3.63) is 0 Å². The van der Waals surface area contributed by atoms with E-state index < -0.39 is 0 Å². The van der Waals surface area contributed by atoms with Gasteiger partial charge in [-0.2, -0.15) is 0 Å². The minimum atomic E-state index is 0.333. The molecule has 0 spiro atoms. The van der Waals surface area contributed by atoms with Gasteiger partial charge in [0.1, 0.15) is 0 Å². The van der Waals surface area contributed by atoms with E-state index >= 15 is 0 Å². The molecule has 0 aromatic rings. The maximum atomic E-state index is 11.4. The first kappa shape index (κ1) is 9.00. The summed E-state index contributed by atoms with van der Waals surface area (Å²) in [6.07, 6.45) is 3.03. The van der Waals surface area contributed by atoms with Crippen molar-refractivity contribution >= 4 is 5.91 Å². The summed E-state index contributed by atoms with van der Waals surface area (Å²) in [6.45, 7) is 6.39. The van der Waals surface area contributed by atoms with Gasteiger partial charge in [-0.1, -0.05) is 6.92 Å². The van der Waals surface area contributed by atoms with Gasteiger partial charge in [0.15, 0.2) is 0 Å². The highest BCUT2D eigenvalue weighted by Gasteiger charge is 2.33. The second-order valence-electron chi connectivity index (χ2n) is 4.66. The van der Waals surface area contributed by atoms with Crippen LogP contribution in [-0.4, -0.2) is 37.0 Å². The zero-order valence-corrected chi connectivity index (χ0v) is 8.31. The number of carbonyl (C=O) groups excluding carboxylic acids is 1. The van der Waals surface area contributed by atoms with Crippen LogP contribution in [-0.2, 0) is 4.79 Å². The first-order valence-electron chi connectivity index (χ1n) is 5.18. The molecule has 3 nitrogen and oxygen atoms in total. The van der Waals surface area contributed by atoms with Gasteiger partial charge in [-0.3, -0.25) is 4.79 Å². The molecule has 1 N–H and O–H groups in total. The van der Waals surface area contributed by atoms with Gasteiger partial charge in [0.2, 0.25) is 5.91 Å². The summed E-state index contributed by atoms with van der Waals surface area (Å²) in [6, 6.07) is 0. The highest BCUT2D eigenvalue weighted by atomic mass is 16.2. The van der Waals surface area contributed by atoms with Crippen molar-refractivity contribution in [2.75, 3.05) is 26.2 Å². The number of likely N-dealkylation sites (tertiary alicyclic amines) is 1. The molecule has 1 unspecified atom stereocenters. The van der Waals surface area contributed by atoms with Crippen LogP contribution in [0.15, 0.2) is 0 Å². The third-order valence-corrected chi connectivity index (χ3v) is 3.20. The van der Waals surface area contributed by atoms with Gasteiger partial charge in [0, 0.05) is 26.1 Å². The third kappa shape index (κ3) is 1.85. The molecule has 2 heterocycles. The number of carbonyl (C=O) groups is 1. The molecule has 74 valence electrons. The van der Waals surface area contributed by atoms with E-state index in [2.05, 4.69) is 12.2 Å². The van der Waals surface area contributed by atoms with E-state index in [1.807, 2.05) is 4.90 Å². The fraction of sp³-hybridized carbons (Fsp3) is 0.900. The SMILES string of the molecule is CC1(CN2CCCC2=O)CCNC1. The zero-order valence-electron chi connectivity index (χ0n) is 8.31. The number of nitrogens with one attached hydrogen (secondary N) is 1. The predicted molar refractivity (Wildman–Crippen MR) is 51.4 cm³/mol. The zero-order chi connectivity index (χ0) is 9.31. The Morgan fingerprint density at radius 1 is 1.62 bits per heavy atom. The van der Waals surface area contributed by atoms with E-state index in [0.717, 1.165) is 39.0 Å². The largest absolute Gasteiger partial charge is 0.342 e. The summed E-state index contributed by atoms with van der Waals surface area (Å²) in [5.41, 5.74) is 0.333. The molecule has 2 aliphatic heterocycles. The van der Waals surface area contributed by atoms with E-state index in [1.54, 1.807) is 0 Å². The molecule has 0 bridgehead atoms. The number of hydrogen-bond donors (Lipinski definition) is 1. The monoisotopic (exact) mass is 182 g/mol. The van der Waals surface area contributed by atoms with Crippen molar-refractivity contribution in [2.45, 2.75) is 26.2 Å². The highest BCUT2D eigenvalue weighted by molar-refractivity contribution is 5.78. The lowest BCUT2D eigenvalue weighted by molar-refractivity contribution is -0.128. The molecule has 0 saturated carbocycles. The van der Waals surface area contributed by atoms with Crippen molar-refractivity contribution in [2.24, 2.45) is 5.41 Å². The Labute approximate surface area is 79.5 Å². The van der Waals surface area contributed by atoms with Crippen LogP contribution in [0.2, 0.25) is 0 Å². The van der Waals surface area contributed by atoms with E-state index in [1.165, 1.54) is 6.42 Å². The average molecular weight is 182 g/mol. The van der Waals surface area contributed by atoms with Crippen molar-refractivity contribution in [3.63, 3.8) is 0 Å². The van der Waals surface area contributed by atoms with E-state index in [4.69, 9.17) is 0 Å². The topological polar surface area (TPSA) is 32.3 Å². The van der Waals surface area contributed by atoms with E-state index in [-0.39, 0.29) is 0 Å². The number of nitrogens with zero attached hydrogens (tertiary/aromatic N) is 1. The first-order chi connectivity index (χ1) is 6.20. The lowest BCUT2D eigenvalue weighted by Crippen LogP contribution is -2.37. The first-order valence-corrected chi connectivity index (χ1v) is 5.18. The minimum absolute atomic E-state index is 0.333.